The van der Waals surface area contributed by atoms with Crippen LogP contribution in [0.4, 0.5) is 0 Å². The molecule has 2 aromatic heterocycles. The summed E-state index contributed by atoms with van der Waals surface area (Å²) in [5.41, 5.74) is 8.57. The van der Waals surface area contributed by atoms with Crippen LogP contribution >= 0.6 is 0 Å². The zero-order chi connectivity index (χ0) is 21.8. The molecule has 3 aromatic rings. The maximum atomic E-state index is 13.0. The van der Waals surface area contributed by atoms with Gasteiger partial charge in [-0.3, -0.25) is 14.4 Å². The normalized spacial score (nSPS) is 11.7. The summed E-state index contributed by atoms with van der Waals surface area (Å²) in [5, 5.41) is 7.01. The van der Waals surface area contributed by atoms with E-state index in [1.54, 1.807) is 25.1 Å². The van der Waals surface area contributed by atoms with Gasteiger partial charge in [0.25, 0.3) is 11.8 Å². The molecule has 0 aliphatic rings. The topological polar surface area (TPSA) is 120 Å². The lowest BCUT2D eigenvalue weighted by atomic mass is 10.0. The van der Waals surface area contributed by atoms with E-state index in [2.05, 4.69) is 15.4 Å². The predicted molar refractivity (Wildman–Crippen MR) is 111 cm³/mol. The molecule has 0 fully saturated rings. The summed E-state index contributed by atoms with van der Waals surface area (Å²) in [7, 11) is 0. The van der Waals surface area contributed by atoms with Crippen LogP contribution in [0.1, 0.15) is 33.0 Å². The minimum Gasteiger partial charge on any atom is -0.363 e. The fourth-order valence-electron chi connectivity index (χ4n) is 3.23. The smallest absolute Gasteiger partial charge is 0.287 e. The molecular weight excluding hydrogens is 382 g/mol. The third kappa shape index (κ3) is 4.78. The lowest BCUT2D eigenvalue weighted by molar-refractivity contribution is -0.137. The van der Waals surface area contributed by atoms with Gasteiger partial charge in [-0.2, -0.15) is 5.10 Å². The minimum absolute atomic E-state index is 0.142. The van der Waals surface area contributed by atoms with Crippen LogP contribution in [-0.4, -0.2) is 38.4 Å². The molecule has 0 aliphatic carbocycles. The van der Waals surface area contributed by atoms with Gasteiger partial charge in [0.2, 0.25) is 5.78 Å². The molecule has 2 amide bonds. The van der Waals surface area contributed by atoms with Crippen molar-refractivity contribution < 1.29 is 14.4 Å². The number of nitrogens with zero attached hydrogens (tertiary/aromatic N) is 3. The van der Waals surface area contributed by atoms with Crippen LogP contribution in [0.3, 0.4) is 0 Å². The van der Waals surface area contributed by atoms with Gasteiger partial charge in [0.15, 0.2) is 5.82 Å². The monoisotopic (exact) mass is 405 g/mol. The highest BCUT2D eigenvalue weighted by atomic mass is 16.2. The Kier molecular flexibility index (Phi) is 6.06. The van der Waals surface area contributed by atoms with Crippen LogP contribution < -0.4 is 11.1 Å². The molecule has 3 rings (SSSR count). The molecule has 2 heterocycles. The van der Waals surface area contributed by atoms with Gasteiger partial charge in [-0.1, -0.05) is 30.3 Å². The van der Waals surface area contributed by atoms with Gasteiger partial charge in [-0.15, -0.1) is 0 Å². The van der Waals surface area contributed by atoms with Gasteiger partial charge >= 0.3 is 0 Å². The van der Waals surface area contributed by atoms with Crippen LogP contribution in [0.2, 0.25) is 0 Å². The van der Waals surface area contributed by atoms with E-state index in [1.807, 2.05) is 44.2 Å². The quantitative estimate of drug-likeness (QED) is 0.579. The van der Waals surface area contributed by atoms with Gasteiger partial charge in [-0.25, -0.2) is 9.67 Å². The third-order valence-corrected chi connectivity index (χ3v) is 4.51. The second-order valence-corrected chi connectivity index (χ2v) is 7.17. The van der Waals surface area contributed by atoms with Crippen molar-refractivity contribution in [3.8, 4) is 5.82 Å². The van der Waals surface area contributed by atoms with E-state index < -0.39 is 23.6 Å². The molecule has 154 valence electrons. The van der Waals surface area contributed by atoms with Crippen LogP contribution in [0.5, 0.6) is 0 Å². The van der Waals surface area contributed by atoms with Crippen molar-refractivity contribution in [2.45, 2.75) is 33.2 Å². The van der Waals surface area contributed by atoms with Crippen LogP contribution in [-0.2, 0) is 16.0 Å². The van der Waals surface area contributed by atoms with Crippen molar-refractivity contribution in [1.29, 1.82) is 0 Å². The Morgan fingerprint density at radius 2 is 1.73 bits per heavy atom. The predicted octanol–water partition coefficient (Wildman–Crippen LogP) is 1.59. The van der Waals surface area contributed by atoms with Crippen molar-refractivity contribution in [1.82, 2.24) is 20.1 Å². The molecule has 0 bridgehead atoms. The first-order valence-corrected chi connectivity index (χ1v) is 9.45. The summed E-state index contributed by atoms with van der Waals surface area (Å²) in [6.45, 7) is 5.54. The molecule has 8 heteroatoms. The summed E-state index contributed by atoms with van der Waals surface area (Å²) < 4.78 is 1.43. The minimum atomic E-state index is -1.10. The Bertz CT molecular complexity index is 1080. The number of carbonyl (C=O) groups excluding carboxylic acids is 3. The molecule has 8 nitrogen and oxygen atoms in total. The van der Waals surface area contributed by atoms with Gasteiger partial charge < -0.3 is 11.1 Å². The number of ketones is 1. The molecule has 0 radical (unpaired) electrons. The van der Waals surface area contributed by atoms with Crippen molar-refractivity contribution in [2.75, 3.05) is 0 Å². The number of aryl methyl sites for hydroxylation is 3. The molecular formula is C22H23N5O3. The number of Topliss-reactive ketones (excluding diaryl/α,β-unsaturated/α-hetero) is 1. The maximum Gasteiger partial charge on any atom is 0.287 e. The summed E-state index contributed by atoms with van der Waals surface area (Å²) in [6, 6.07) is 13.3. The number of carbonyl (C=O) groups is 3. The fourth-order valence-corrected chi connectivity index (χ4v) is 3.23. The van der Waals surface area contributed by atoms with Crippen molar-refractivity contribution in [3.63, 3.8) is 0 Å². The second kappa shape index (κ2) is 8.69. The first kappa shape index (κ1) is 20.9. The van der Waals surface area contributed by atoms with E-state index in [0.717, 1.165) is 16.8 Å². The number of benzene rings is 1. The van der Waals surface area contributed by atoms with E-state index in [1.165, 1.54) is 4.68 Å². The number of hydrogen-bond acceptors (Lipinski definition) is 5. The molecule has 3 N–H and O–H groups in total. The molecule has 1 unspecified atom stereocenters. The average Bonchev–Trinajstić information content (AvgIpc) is 3.09. The molecule has 30 heavy (non-hydrogen) atoms. The van der Waals surface area contributed by atoms with Gasteiger partial charge in [0.1, 0.15) is 11.7 Å². The van der Waals surface area contributed by atoms with Crippen molar-refractivity contribution in [2.24, 2.45) is 5.73 Å². The van der Waals surface area contributed by atoms with Crippen LogP contribution in [0.25, 0.3) is 5.82 Å². The fraction of sp³-hybridized carbons (Fsp3) is 0.227. The van der Waals surface area contributed by atoms with Crippen LogP contribution in [0, 0.1) is 20.8 Å². The molecule has 0 saturated carbocycles. The maximum absolute atomic E-state index is 13.0. The molecule has 0 aliphatic heterocycles. The van der Waals surface area contributed by atoms with E-state index in [-0.39, 0.29) is 12.1 Å². The number of pyridine rings is 1. The molecule has 1 aromatic carbocycles. The first-order chi connectivity index (χ1) is 14.2. The number of primary amides is 1. The highest BCUT2D eigenvalue weighted by molar-refractivity contribution is 6.38. The zero-order valence-corrected chi connectivity index (χ0v) is 17.0. The number of hydrogen-bond donors (Lipinski definition) is 2. The Hall–Kier alpha value is -3.81. The lowest BCUT2D eigenvalue weighted by Gasteiger charge is -2.17. The second-order valence-electron chi connectivity index (χ2n) is 7.17. The highest BCUT2D eigenvalue weighted by Gasteiger charge is 2.27. The number of nitrogens with one attached hydrogen (secondary N) is 1. The third-order valence-electron chi connectivity index (χ3n) is 4.51. The summed E-state index contributed by atoms with van der Waals surface area (Å²) in [5.74, 6) is -2.02. The Morgan fingerprint density at radius 1 is 1.03 bits per heavy atom. The largest absolute Gasteiger partial charge is 0.363 e. The number of amides is 2. The molecule has 1 atom stereocenters. The van der Waals surface area contributed by atoms with E-state index in [0.29, 0.717) is 11.5 Å². The number of nitrogens with two attached hydrogens (primary N) is 1. The summed E-state index contributed by atoms with van der Waals surface area (Å²) in [6.07, 6.45) is 0.142. The zero-order valence-electron chi connectivity index (χ0n) is 17.0. The number of rotatable bonds is 7. The Balaban J connectivity index is 1.92. The van der Waals surface area contributed by atoms with E-state index in [9.17, 15) is 14.4 Å². The van der Waals surface area contributed by atoms with Crippen molar-refractivity contribution >= 4 is 17.6 Å². The molecule has 0 spiro atoms. The lowest BCUT2D eigenvalue weighted by Crippen LogP contribution is -2.47. The molecule has 0 saturated heterocycles. The van der Waals surface area contributed by atoms with Gasteiger partial charge in [-0.05, 0) is 50.1 Å². The van der Waals surface area contributed by atoms with Gasteiger partial charge in [0.05, 0.1) is 5.69 Å². The Morgan fingerprint density at radius 3 is 2.37 bits per heavy atom. The standard InChI is InChI=1S/C22H23N5O3/c1-13-9-14(2)24-19(10-13)27-18(11-15(3)26-27)22(30)25-17(20(28)21(23)29)12-16-7-5-4-6-8-16/h4-11,17H,12H2,1-3H3,(H2,23,29)(H,25,30). The Labute approximate surface area is 174 Å². The van der Waals surface area contributed by atoms with E-state index in [4.69, 9.17) is 5.73 Å². The first-order valence-electron chi connectivity index (χ1n) is 9.45. The van der Waals surface area contributed by atoms with Gasteiger partial charge in [0, 0.05) is 12.1 Å². The summed E-state index contributed by atoms with van der Waals surface area (Å²) in [4.78, 5) is 41.3. The van der Waals surface area contributed by atoms with Crippen LogP contribution in [0.15, 0.2) is 48.5 Å². The van der Waals surface area contributed by atoms with E-state index >= 15 is 0 Å². The number of aromatic nitrogens is 3. The summed E-state index contributed by atoms with van der Waals surface area (Å²) >= 11 is 0. The highest BCUT2D eigenvalue weighted by Crippen LogP contribution is 2.14. The average molecular weight is 405 g/mol. The van der Waals surface area contributed by atoms with Crippen molar-refractivity contribution in [3.05, 3.63) is 76.7 Å². The SMILES string of the molecule is Cc1cc(C)nc(-n2nc(C)cc2C(=O)NC(Cc2ccccc2)C(=O)C(N)=O)c1.